The molecule has 1 aromatic heterocycles. The minimum atomic E-state index is -0.0802. The van der Waals surface area contributed by atoms with E-state index in [1.807, 2.05) is 0 Å². The van der Waals surface area contributed by atoms with Crippen LogP contribution < -0.4 is 10.6 Å². The lowest BCUT2D eigenvalue weighted by atomic mass is 10.5. The number of rotatable bonds is 5. The number of hydrogen-bond donors (Lipinski definition) is 3. The average Bonchev–Trinajstić information content (AvgIpc) is 2.16. The molecule has 1 aromatic rings. The Kier molecular flexibility index (Phi) is 4.47. The Morgan fingerprint density at radius 3 is 2.20 bits per heavy atom. The summed E-state index contributed by atoms with van der Waals surface area (Å²) in [4.78, 5) is 12.9. The Balaban J connectivity index is 2.88. The molecule has 0 atom stereocenters. The second-order valence-electron chi connectivity index (χ2n) is 2.70. The first-order chi connectivity index (χ1) is 7.17. The number of aliphatic hydroxyl groups is 2. The summed E-state index contributed by atoms with van der Waals surface area (Å²) >= 11 is 5.60. The van der Waals surface area contributed by atoms with E-state index in [1.54, 1.807) is 4.90 Å². The molecule has 1 rings (SSSR count). The van der Waals surface area contributed by atoms with E-state index in [4.69, 9.17) is 27.5 Å². The number of anilines is 2. The maximum absolute atomic E-state index is 8.80. The van der Waals surface area contributed by atoms with Crippen LogP contribution in [0.2, 0.25) is 5.28 Å². The van der Waals surface area contributed by atoms with Gasteiger partial charge in [-0.3, -0.25) is 0 Å². The van der Waals surface area contributed by atoms with Crippen LogP contribution in [-0.2, 0) is 0 Å². The van der Waals surface area contributed by atoms with Gasteiger partial charge in [0.15, 0.2) is 0 Å². The Hall–Kier alpha value is -1.18. The molecule has 8 heteroatoms. The zero-order valence-corrected chi connectivity index (χ0v) is 8.72. The van der Waals surface area contributed by atoms with Gasteiger partial charge in [-0.05, 0) is 11.6 Å². The number of nitrogens with zero attached hydrogens (tertiary/aromatic N) is 4. The minimum Gasteiger partial charge on any atom is -0.395 e. The molecule has 0 saturated heterocycles. The van der Waals surface area contributed by atoms with E-state index >= 15 is 0 Å². The fourth-order valence-electron chi connectivity index (χ4n) is 1.05. The van der Waals surface area contributed by atoms with Crippen LogP contribution in [0.25, 0.3) is 0 Å². The molecule has 0 saturated carbocycles. The quantitative estimate of drug-likeness (QED) is 0.592. The number of nitrogen functional groups attached to an aromatic ring is 1. The first-order valence-electron chi connectivity index (χ1n) is 4.31. The molecule has 0 aliphatic heterocycles. The van der Waals surface area contributed by atoms with Crippen molar-refractivity contribution in [2.45, 2.75) is 0 Å². The molecule has 84 valence electrons. The number of aromatic nitrogens is 3. The zero-order valence-electron chi connectivity index (χ0n) is 7.97. The van der Waals surface area contributed by atoms with Crippen molar-refractivity contribution in [2.75, 3.05) is 36.9 Å². The lowest BCUT2D eigenvalue weighted by Gasteiger charge is -2.20. The Labute approximate surface area is 91.5 Å². The monoisotopic (exact) mass is 233 g/mol. The Morgan fingerprint density at radius 2 is 1.73 bits per heavy atom. The van der Waals surface area contributed by atoms with Crippen LogP contribution in [0.4, 0.5) is 11.9 Å². The smallest absolute Gasteiger partial charge is 0.231 e. The summed E-state index contributed by atoms with van der Waals surface area (Å²) in [6, 6.07) is 0. The summed E-state index contributed by atoms with van der Waals surface area (Å²) < 4.78 is 0. The lowest BCUT2D eigenvalue weighted by Crippen LogP contribution is -2.31. The lowest BCUT2D eigenvalue weighted by molar-refractivity contribution is 0.280. The second-order valence-corrected chi connectivity index (χ2v) is 3.03. The zero-order chi connectivity index (χ0) is 11.3. The van der Waals surface area contributed by atoms with Gasteiger partial charge in [-0.2, -0.15) is 15.0 Å². The van der Waals surface area contributed by atoms with Gasteiger partial charge in [0.25, 0.3) is 0 Å². The highest BCUT2D eigenvalue weighted by Gasteiger charge is 2.10. The van der Waals surface area contributed by atoms with Gasteiger partial charge in [0.2, 0.25) is 17.2 Å². The van der Waals surface area contributed by atoms with E-state index in [1.165, 1.54) is 0 Å². The van der Waals surface area contributed by atoms with E-state index in [0.29, 0.717) is 13.1 Å². The van der Waals surface area contributed by atoms with Crippen molar-refractivity contribution in [3.63, 3.8) is 0 Å². The van der Waals surface area contributed by atoms with Gasteiger partial charge >= 0.3 is 0 Å². The van der Waals surface area contributed by atoms with Crippen LogP contribution in [-0.4, -0.2) is 51.5 Å². The van der Waals surface area contributed by atoms with Gasteiger partial charge in [0.1, 0.15) is 0 Å². The summed E-state index contributed by atoms with van der Waals surface area (Å²) in [5.41, 5.74) is 5.39. The van der Waals surface area contributed by atoms with Crippen LogP contribution in [0.15, 0.2) is 0 Å². The molecule has 15 heavy (non-hydrogen) atoms. The highest BCUT2D eigenvalue weighted by Crippen LogP contribution is 2.11. The van der Waals surface area contributed by atoms with E-state index in [0.717, 1.165) is 0 Å². The largest absolute Gasteiger partial charge is 0.395 e. The molecular weight excluding hydrogens is 222 g/mol. The summed E-state index contributed by atoms with van der Waals surface area (Å²) in [6.07, 6.45) is 0. The summed E-state index contributed by atoms with van der Waals surface area (Å²) in [5.74, 6) is 0.251. The summed E-state index contributed by atoms with van der Waals surface area (Å²) in [6.45, 7) is 0.424. The molecule has 1 heterocycles. The number of aliphatic hydroxyl groups excluding tert-OH is 2. The van der Waals surface area contributed by atoms with Gasteiger partial charge in [0.05, 0.1) is 13.2 Å². The molecule has 0 fully saturated rings. The van der Waals surface area contributed by atoms with Crippen LogP contribution >= 0.6 is 11.6 Å². The van der Waals surface area contributed by atoms with E-state index in [2.05, 4.69) is 15.0 Å². The third kappa shape index (κ3) is 3.46. The molecule has 0 bridgehead atoms. The van der Waals surface area contributed by atoms with Crippen molar-refractivity contribution in [3.05, 3.63) is 5.28 Å². The van der Waals surface area contributed by atoms with Crippen molar-refractivity contribution in [1.29, 1.82) is 0 Å². The normalized spacial score (nSPS) is 10.3. The topological polar surface area (TPSA) is 108 Å². The van der Waals surface area contributed by atoms with Gasteiger partial charge in [-0.25, -0.2) is 0 Å². The standard InChI is InChI=1S/C7H12ClN5O2/c8-5-10-6(9)12-7(11-5)13(1-3-14)2-4-15/h14-15H,1-4H2,(H2,9,10,11,12). The number of hydrogen-bond acceptors (Lipinski definition) is 7. The summed E-state index contributed by atoms with van der Waals surface area (Å²) in [7, 11) is 0. The van der Waals surface area contributed by atoms with Crippen LogP contribution in [0, 0.1) is 0 Å². The van der Waals surface area contributed by atoms with Crippen LogP contribution in [0.1, 0.15) is 0 Å². The van der Waals surface area contributed by atoms with Gasteiger partial charge in [0, 0.05) is 13.1 Å². The molecule has 0 spiro atoms. The molecule has 0 radical (unpaired) electrons. The molecule has 0 aromatic carbocycles. The summed E-state index contributed by atoms with van der Waals surface area (Å²) in [5, 5.41) is 17.6. The van der Waals surface area contributed by atoms with Crippen LogP contribution in [0.5, 0.6) is 0 Å². The molecule has 4 N–H and O–H groups in total. The van der Waals surface area contributed by atoms with Crippen molar-refractivity contribution in [2.24, 2.45) is 0 Å². The Morgan fingerprint density at radius 1 is 1.13 bits per heavy atom. The third-order valence-corrected chi connectivity index (χ3v) is 1.81. The maximum Gasteiger partial charge on any atom is 0.231 e. The molecule has 0 aliphatic carbocycles. The second kappa shape index (κ2) is 5.64. The predicted molar refractivity (Wildman–Crippen MR) is 55.6 cm³/mol. The van der Waals surface area contributed by atoms with Crippen molar-refractivity contribution in [3.8, 4) is 0 Å². The fourth-order valence-corrected chi connectivity index (χ4v) is 1.21. The number of halogens is 1. The van der Waals surface area contributed by atoms with E-state index in [9.17, 15) is 0 Å². The first-order valence-corrected chi connectivity index (χ1v) is 4.69. The molecule has 7 nitrogen and oxygen atoms in total. The Bertz CT molecular complexity index is 298. The van der Waals surface area contributed by atoms with Crippen LogP contribution in [0.3, 0.4) is 0 Å². The minimum absolute atomic E-state index is 0.00544. The van der Waals surface area contributed by atoms with Gasteiger partial charge in [-0.15, -0.1) is 0 Å². The first kappa shape index (κ1) is 11.9. The number of nitrogens with two attached hydrogens (primary N) is 1. The predicted octanol–water partition coefficient (Wildman–Crippen LogP) is -1.10. The maximum atomic E-state index is 8.80. The molecule has 0 amide bonds. The fraction of sp³-hybridized carbons (Fsp3) is 0.571. The molecular formula is C7H12ClN5O2. The van der Waals surface area contributed by atoms with Gasteiger partial charge in [-0.1, -0.05) is 0 Å². The van der Waals surface area contributed by atoms with Crippen molar-refractivity contribution < 1.29 is 10.2 Å². The highest BCUT2D eigenvalue weighted by atomic mass is 35.5. The van der Waals surface area contributed by atoms with E-state index < -0.39 is 0 Å². The average molecular weight is 234 g/mol. The molecule has 0 aliphatic rings. The van der Waals surface area contributed by atoms with E-state index in [-0.39, 0.29) is 30.4 Å². The SMILES string of the molecule is Nc1nc(Cl)nc(N(CCO)CCO)n1. The van der Waals surface area contributed by atoms with Crippen molar-refractivity contribution in [1.82, 2.24) is 15.0 Å². The molecule has 0 unspecified atom stereocenters. The van der Waals surface area contributed by atoms with Gasteiger partial charge < -0.3 is 20.8 Å². The van der Waals surface area contributed by atoms with Crippen molar-refractivity contribution >= 4 is 23.5 Å². The highest BCUT2D eigenvalue weighted by molar-refractivity contribution is 6.28. The third-order valence-electron chi connectivity index (χ3n) is 1.64.